The molecule has 8 nitrogen and oxygen atoms in total. The van der Waals surface area contributed by atoms with Gasteiger partial charge in [-0.2, -0.15) is 0 Å². The van der Waals surface area contributed by atoms with E-state index in [1.54, 1.807) is 11.9 Å². The Kier molecular flexibility index (Phi) is 8.29. The van der Waals surface area contributed by atoms with Gasteiger partial charge in [0.15, 0.2) is 0 Å². The lowest BCUT2D eigenvalue weighted by Gasteiger charge is -2.26. The number of hydrogen-bond donors (Lipinski definition) is 3. The lowest BCUT2D eigenvalue weighted by Crippen LogP contribution is -2.43. The van der Waals surface area contributed by atoms with Gasteiger partial charge in [0.25, 0.3) is 0 Å². The van der Waals surface area contributed by atoms with Crippen LogP contribution in [0.15, 0.2) is 48.5 Å². The van der Waals surface area contributed by atoms with Crippen LogP contribution in [-0.2, 0) is 22.7 Å². The van der Waals surface area contributed by atoms with Crippen LogP contribution in [0.1, 0.15) is 43.0 Å². The van der Waals surface area contributed by atoms with Crippen LogP contribution in [0.5, 0.6) is 0 Å². The number of anilines is 1. The summed E-state index contributed by atoms with van der Waals surface area (Å²) in [6.45, 7) is 5.97. The minimum Gasteiger partial charge on any atom is -0.384 e. The van der Waals surface area contributed by atoms with Crippen LogP contribution in [0.2, 0.25) is 0 Å². The summed E-state index contributed by atoms with van der Waals surface area (Å²) in [5.74, 6) is -0.0345. The van der Waals surface area contributed by atoms with E-state index in [2.05, 4.69) is 16.0 Å². The molecule has 0 radical (unpaired) electrons. The highest BCUT2D eigenvalue weighted by Gasteiger charge is 2.19. The maximum atomic E-state index is 12.5. The third kappa shape index (κ3) is 6.47. The maximum absolute atomic E-state index is 12.5. The molecule has 0 aromatic heterocycles. The van der Waals surface area contributed by atoms with Crippen LogP contribution >= 0.6 is 0 Å². The fourth-order valence-corrected chi connectivity index (χ4v) is 3.80. The molecular formula is C25H33N5O3. The predicted octanol–water partition coefficient (Wildman–Crippen LogP) is 2.87. The van der Waals surface area contributed by atoms with Gasteiger partial charge in [-0.25, -0.2) is 4.79 Å². The van der Waals surface area contributed by atoms with Crippen LogP contribution in [-0.4, -0.2) is 54.3 Å². The van der Waals surface area contributed by atoms with E-state index in [0.717, 1.165) is 22.4 Å². The van der Waals surface area contributed by atoms with Crippen LogP contribution in [0.25, 0.3) is 0 Å². The van der Waals surface area contributed by atoms with E-state index in [-0.39, 0.29) is 24.4 Å². The molecule has 0 fully saturated rings. The van der Waals surface area contributed by atoms with Crippen molar-refractivity contribution in [3.63, 3.8) is 0 Å². The number of fused-ring (bicyclic) bond motifs is 1. The second-order valence-electron chi connectivity index (χ2n) is 8.20. The summed E-state index contributed by atoms with van der Waals surface area (Å²) < 4.78 is 0. The van der Waals surface area contributed by atoms with E-state index in [0.29, 0.717) is 32.6 Å². The van der Waals surface area contributed by atoms with Crippen molar-refractivity contribution >= 4 is 23.5 Å². The molecule has 1 aliphatic heterocycles. The first-order chi connectivity index (χ1) is 15.9. The minimum atomic E-state index is -0.403. The number of benzene rings is 2. The zero-order chi connectivity index (χ0) is 23.8. The predicted molar refractivity (Wildman–Crippen MR) is 129 cm³/mol. The quantitative estimate of drug-likeness (QED) is 0.603. The number of urea groups is 1. The van der Waals surface area contributed by atoms with Crippen LogP contribution in [0, 0.1) is 0 Å². The fourth-order valence-electron chi connectivity index (χ4n) is 3.80. The van der Waals surface area contributed by atoms with Crippen molar-refractivity contribution in [1.82, 2.24) is 20.4 Å². The van der Waals surface area contributed by atoms with E-state index in [4.69, 9.17) is 0 Å². The topological polar surface area (TPSA) is 93.8 Å². The molecule has 1 aliphatic rings. The van der Waals surface area contributed by atoms with Gasteiger partial charge in [0.2, 0.25) is 11.8 Å². The molecule has 2 aromatic carbocycles. The van der Waals surface area contributed by atoms with Crippen molar-refractivity contribution in [2.45, 2.75) is 39.4 Å². The maximum Gasteiger partial charge on any atom is 0.315 e. The number of hydrogen-bond acceptors (Lipinski definition) is 4. The number of carbonyl (C=O) groups is 3. The second kappa shape index (κ2) is 11.4. The highest BCUT2D eigenvalue weighted by Crippen LogP contribution is 2.22. The van der Waals surface area contributed by atoms with Gasteiger partial charge in [-0.05, 0) is 36.6 Å². The van der Waals surface area contributed by atoms with Crippen LogP contribution in [0.3, 0.4) is 0 Å². The number of amides is 4. The lowest BCUT2D eigenvalue weighted by atomic mass is 10.1. The van der Waals surface area contributed by atoms with Gasteiger partial charge >= 0.3 is 6.03 Å². The van der Waals surface area contributed by atoms with Crippen molar-refractivity contribution < 1.29 is 14.4 Å². The minimum absolute atomic E-state index is 0.0822. The number of nitrogens with zero attached hydrogens (tertiary/aromatic N) is 2. The standard InChI is InChI=1S/C25H33N5O3/c1-4-30-17-21-14-19(10-11-22(21)26-13-12-23(30)31)15-27-25(33)28-16-24(32)29(3)18(2)20-8-6-5-7-9-20/h5-11,14,18,26H,4,12-13,15-17H2,1-3H3,(H2,27,28,33). The summed E-state index contributed by atoms with van der Waals surface area (Å²) in [6, 6.07) is 15.2. The highest BCUT2D eigenvalue weighted by atomic mass is 16.2. The number of carbonyl (C=O) groups excluding carboxylic acids is 3. The Bertz CT molecular complexity index is 979. The van der Waals surface area contributed by atoms with Gasteiger partial charge in [0, 0.05) is 45.3 Å². The van der Waals surface area contributed by atoms with Crippen LogP contribution < -0.4 is 16.0 Å². The Labute approximate surface area is 195 Å². The zero-order valence-corrected chi connectivity index (χ0v) is 19.6. The molecule has 0 saturated carbocycles. The highest BCUT2D eigenvalue weighted by molar-refractivity contribution is 5.84. The van der Waals surface area contributed by atoms with E-state index in [9.17, 15) is 14.4 Å². The fraction of sp³-hybridized carbons (Fsp3) is 0.400. The van der Waals surface area contributed by atoms with Crippen molar-refractivity contribution in [3.8, 4) is 0 Å². The Morgan fingerprint density at radius 1 is 1.15 bits per heavy atom. The van der Waals surface area contributed by atoms with Gasteiger partial charge in [-0.3, -0.25) is 9.59 Å². The van der Waals surface area contributed by atoms with Gasteiger partial charge in [-0.15, -0.1) is 0 Å². The summed E-state index contributed by atoms with van der Waals surface area (Å²) in [7, 11) is 1.73. The molecule has 2 aromatic rings. The molecule has 3 rings (SSSR count). The first kappa shape index (κ1) is 24.1. The van der Waals surface area contributed by atoms with Crippen LogP contribution in [0.4, 0.5) is 10.5 Å². The van der Waals surface area contributed by atoms with E-state index in [1.807, 2.05) is 67.3 Å². The molecule has 0 saturated heterocycles. The SMILES string of the molecule is CCN1Cc2cc(CNC(=O)NCC(=O)N(C)C(C)c3ccccc3)ccc2NCCC1=O. The molecule has 3 N–H and O–H groups in total. The molecule has 33 heavy (non-hydrogen) atoms. The summed E-state index contributed by atoms with van der Waals surface area (Å²) in [6.07, 6.45) is 0.481. The average molecular weight is 452 g/mol. The van der Waals surface area contributed by atoms with Gasteiger partial charge in [-0.1, -0.05) is 42.5 Å². The number of nitrogens with one attached hydrogen (secondary N) is 3. The monoisotopic (exact) mass is 451 g/mol. The first-order valence-electron chi connectivity index (χ1n) is 11.3. The summed E-state index contributed by atoms with van der Waals surface area (Å²) in [4.78, 5) is 40.4. The van der Waals surface area contributed by atoms with Crippen molar-refractivity contribution in [1.29, 1.82) is 0 Å². The summed E-state index contributed by atoms with van der Waals surface area (Å²) >= 11 is 0. The van der Waals surface area contributed by atoms with E-state index < -0.39 is 6.03 Å². The smallest absolute Gasteiger partial charge is 0.315 e. The molecule has 1 heterocycles. The molecule has 8 heteroatoms. The lowest BCUT2D eigenvalue weighted by molar-refractivity contribution is -0.131. The van der Waals surface area contributed by atoms with Crippen molar-refractivity contribution in [2.24, 2.45) is 0 Å². The molecule has 0 spiro atoms. The summed E-state index contributed by atoms with van der Waals surface area (Å²) in [5.41, 5.74) is 4.00. The van der Waals surface area contributed by atoms with Gasteiger partial charge < -0.3 is 25.8 Å². The second-order valence-corrected chi connectivity index (χ2v) is 8.20. The molecule has 1 unspecified atom stereocenters. The van der Waals surface area contributed by atoms with E-state index >= 15 is 0 Å². The van der Waals surface area contributed by atoms with Gasteiger partial charge in [0.1, 0.15) is 0 Å². The van der Waals surface area contributed by atoms with Crippen molar-refractivity contribution in [3.05, 3.63) is 65.2 Å². The Morgan fingerprint density at radius 2 is 1.91 bits per heavy atom. The largest absolute Gasteiger partial charge is 0.384 e. The zero-order valence-electron chi connectivity index (χ0n) is 19.6. The molecular weight excluding hydrogens is 418 g/mol. The summed E-state index contributed by atoms with van der Waals surface area (Å²) in [5, 5.41) is 8.74. The van der Waals surface area contributed by atoms with E-state index in [1.165, 1.54) is 0 Å². The third-order valence-corrected chi connectivity index (χ3v) is 6.03. The Hall–Kier alpha value is -3.55. The molecule has 0 aliphatic carbocycles. The average Bonchev–Trinajstić information content (AvgIpc) is 2.83. The van der Waals surface area contributed by atoms with Crippen molar-refractivity contribution in [2.75, 3.05) is 32.0 Å². The Balaban J connectivity index is 1.50. The normalized spacial score (nSPS) is 14.3. The molecule has 4 amide bonds. The third-order valence-electron chi connectivity index (χ3n) is 6.03. The molecule has 176 valence electrons. The number of likely N-dealkylation sites (N-methyl/N-ethyl adjacent to an activating group) is 1. The molecule has 0 bridgehead atoms. The Morgan fingerprint density at radius 3 is 2.64 bits per heavy atom. The first-order valence-corrected chi connectivity index (χ1v) is 11.3. The number of rotatable bonds is 7. The van der Waals surface area contributed by atoms with Gasteiger partial charge in [0.05, 0.1) is 12.6 Å². The molecule has 1 atom stereocenters.